The zero-order valence-electron chi connectivity index (χ0n) is 38.4. The molecule has 1 saturated heterocycles. The van der Waals surface area contributed by atoms with Gasteiger partial charge in [0, 0.05) is 0 Å². The molecule has 352 valence electrons. The fourth-order valence-electron chi connectivity index (χ4n) is 8.40. The highest BCUT2D eigenvalue weighted by atomic mass is 16.7. The number of ether oxygens (including phenoxy) is 2. The SMILES string of the molecule is CCCCCCCCCCCCCCCCCCCCCCCCCC(O)C(=O)NC(COC1OC(CO)C(O)C(O)C1O)C(O)CCCCCCCCCCCCC. The van der Waals surface area contributed by atoms with Crippen LogP contribution < -0.4 is 5.32 Å². The predicted molar refractivity (Wildman–Crippen MR) is 241 cm³/mol. The molecule has 0 spiro atoms. The van der Waals surface area contributed by atoms with E-state index in [0.29, 0.717) is 12.8 Å². The van der Waals surface area contributed by atoms with Gasteiger partial charge in [-0.15, -0.1) is 0 Å². The number of aliphatic hydroxyl groups excluding tert-OH is 6. The largest absolute Gasteiger partial charge is 0.394 e. The van der Waals surface area contributed by atoms with Gasteiger partial charge in [0.1, 0.15) is 30.5 Å². The second-order valence-corrected chi connectivity index (χ2v) is 18.1. The van der Waals surface area contributed by atoms with E-state index in [4.69, 9.17) is 9.47 Å². The van der Waals surface area contributed by atoms with Crippen molar-refractivity contribution in [3.8, 4) is 0 Å². The van der Waals surface area contributed by atoms with Crippen molar-refractivity contribution in [1.82, 2.24) is 5.32 Å². The fourth-order valence-corrected chi connectivity index (χ4v) is 8.40. The molecule has 10 heteroatoms. The summed E-state index contributed by atoms with van der Waals surface area (Å²) < 4.78 is 11.2. The number of nitrogens with one attached hydrogen (secondary N) is 1. The molecular weight excluding hydrogens is 747 g/mol. The highest BCUT2D eigenvalue weighted by Gasteiger charge is 2.44. The smallest absolute Gasteiger partial charge is 0.249 e. The van der Waals surface area contributed by atoms with Gasteiger partial charge in [-0.2, -0.15) is 0 Å². The lowest BCUT2D eigenvalue weighted by molar-refractivity contribution is -0.302. The number of rotatable bonds is 43. The van der Waals surface area contributed by atoms with Crippen molar-refractivity contribution in [3.63, 3.8) is 0 Å². The minimum Gasteiger partial charge on any atom is -0.394 e. The molecule has 8 atom stereocenters. The molecule has 0 saturated carbocycles. The number of amides is 1. The highest BCUT2D eigenvalue weighted by Crippen LogP contribution is 2.23. The Labute approximate surface area is 362 Å². The van der Waals surface area contributed by atoms with E-state index in [1.165, 1.54) is 173 Å². The Balaban J connectivity index is 2.24. The van der Waals surface area contributed by atoms with Crippen LogP contribution in [-0.4, -0.2) is 98.7 Å². The first-order valence-electron chi connectivity index (χ1n) is 25.3. The Kier molecular flexibility index (Phi) is 38.0. The van der Waals surface area contributed by atoms with Crippen LogP contribution in [0.3, 0.4) is 0 Å². The topological polar surface area (TPSA) is 169 Å². The summed E-state index contributed by atoms with van der Waals surface area (Å²) in [5, 5.41) is 64.9. The van der Waals surface area contributed by atoms with E-state index in [2.05, 4.69) is 19.2 Å². The van der Waals surface area contributed by atoms with E-state index in [1.54, 1.807) is 0 Å². The van der Waals surface area contributed by atoms with Gasteiger partial charge >= 0.3 is 0 Å². The van der Waals surface area contributed by atoms with E-state index in [0.717, 1.165) is 44.9 Å². The number of hydrogen-bond acceptors (Lipinski definition) is 9. The molecule has 0 aromatic heterocycles. The Bertz CT molecular complexity index is 911. The molecule has 8 unspecified atom stereocenters. The molecule has 1 fully saturated rings. The van der Waals surface area contributed by atoms with Gasteiger partial charge < -0.3 is 45.4 Å². The number of carbonyl (C=O) groups is 1. The van der Waals surface area contributed by atoms with Crippen LogP contribution in [-0.2, 0) is 14.3 Å². The maximum atomic E-state index is 13.1. The van der Waals surface area contributed by atoms with Gasteiger partial charge in [-0.25, -0.2) is 0 Å². The molecule has 1 amide bonds. The van der Waals surface area contributed by atoms with Crippen LogP contribution in [0.4, 0.5) is 0 Å². The average molecular weight is 844 g/mol. The minimum atomic E-state index is -1.59. The summed E-state index contributed by atoms with van der Waals surface area (Å²) in [6.45, 7) is 3.68. The van der Waals surface area contributed by atoms with Crippen LogP contribution in [0.25, 0.3) is 0 Å². The average Bonchev–Trinajstić information content (AvgIpc) is 3.23. The molecule has 0 bridgehead atoms. The lowest BCUT2D eigenvalue weighted by Crippen LogP contribution is -2.60. The molecule has 1 heterocycles. The monoisotopic (exact) mass is 844 g/mol. The van der Waals surface area contributed by atoms with Gasteiger partial charge in [-0.1, -0.05) is 232 Å². The fraction of sp³-hybridized carbons (Fsp3) is 0.980. The summed E-state index contributed by atoms with van der Waals surface area (Å²) >= 11 is 0. The molecule has 1 aliphatic heterocycles. The zero-order valence-corrected chi connectivity index (χ0v) is 38.4. The molecule has 0 aromatic carbocycles. The minimum absolute atomic E-state index is 0.250. The Morgan fingerprint density at radius 1 is 0.508 bits per heavy atom. The second-order valence-electron chi connectivity index (χ2n) is 18.1. The third-order valence-corrected chi connectivity index (χ3v) is 12.6. The number of unbranched alkanes of at least 4 members (excludes halogenated alkanes) is 32. The summed E-state index contributed by atoms with van der Waals surface area (Å²) in [5.74, 6) is -0.579. The van der Waals surface area contributed by atoms with Crippen molar-refractivity contribution < 1.29 is 44.9 Å². The van der Waals surface area contributed by atoms with Crippen LogP contribution in [0.2, 0.25) is 0 Å². The van der Waals surface area contributed by atoms with Crippen LogP contribution in [0.15, 0.2) is 0 Å². The Hall–Kier alpha value is -0.850. The van der Waals surface area contributed by atoms with E-state index < -0.39 is 61.5 Å². The first-order chi connectivity index (χ1) is 28.8. The maximum absolute atomic E-state index is 13.1. The quantitative estimate of drug-likeness (QED) is 0.0296. The third-order valence-electron chi connectivity index (χ3n) is 12.6. The lowest BCUT2D eigenvalue weighted by Gasteiger charge is -2.40. The first kappa shape index (κ1) is 56.2. The number of aliphatic hydroxyl groups is 6. The van der Waals surface area contributed by atoms with Gasteiger partial charge in [-0.3, -0.25) is 4.79 Å². The van der Waals surface area contributed by atoms with Gasteiger partial charge in [0.05, 0.1) is 25.4 Å². The first-order valence-corrected chi connectivity index (χ1v) is 25.3. The molecular formula is C49H97NO9. The number of carbonyl (C=O) groups excluding carboxylic acids is 1. The summed E-state index contributed by atoms with van der Waals surface area (Å²) in [7, 11) is 0. The van der Waals surface area contributed by atoms with Crippen LogP contribution in [0.1, 0.15) is 245 Å². The van der Waals surface area contributed by atoms with E-state index in [1.807, 2.05) is 0 Å². The molecule has 1 rings (SSSR count). The molecule has 1 aliphatic rings. The van der Waals surface area contributed by atoms with Crippen molar-refractivity contribution in [2.24, 2.45) is 0 Å². The summed E-state index contributed by atoms with van der Waals surface area (Å²) in [6, 6.07) is -0.887. The van der Waals surface area contributed by atoms with E-state index in [9.17, 15) is 35.4 Å². The summed E-state index contributed by atoms with van der Waals surface area (Å²) in [6.07, 6.45) is 34.5. The van der Waals surface area contributed by atoms with Crippen molar-refractivity contribution in [2.45, 2.75) is 294 Å². The van der Waals surface area contributed by atoms with Gasteiger partial charge in [-0.05, 0) is 12.8 Å². The second kappa shape index (κ2) is 40.0. The molecule has 0 aliphatic carbocycles. The highest BCUT2D eigenvalue weighted by molar-refractivity contribution is 5.80. The van der Waals surface area contributed by atoms with Gasteiger partial charge in [0.15, 0.2) is 6.29 Å². The van der Waals surface area contributed by atoms with Crippen LogP contribution in [0, 0.1) is 0 Å². The lowest BCUT2D eigenvalue weighted by atomic mass is 9.99. The van der Waals surface area contributed by atoms with E-state index >= 15 is 0 Å². The summed E-state index contributed by atoms with van der Waals surface area (Å²) in [4.78, 5) is 13.1. The van der Waals surface area contributed by atoms with Crippen molar-refractivity contribution in [1.29, 1.82) is 0 Å². The van der Waals surface area contributed by atoms with Crippen molar-refractivity contribution in [3.05, 3.63) is 0 Å². The third kappa shape index (κ3) is 30.0. The molecule has 0 radical (unpaired) electrons. The standard InChI is InChI=1S/C49H97NO9/c1-3-5-7-9-11-13-15-16-17-18-19-20-21-22-23-24-25-26-28-30-32-34-36-38-43(53)48(57)50-41(40-58-49-47(56)46(55)45(54)44(39-51)59-49)42(52)37-35-33-31-29-27-14-12-10-8-6-4-2/h41-47,49,51-56H,3-40H2,1-2H3,(H,50,57). The van der Waals surface area contributed by atoms with Crippen LogP contribution in [0.5, 0.6) is 0 Å². The predicted octanol–water partition coefficient (Wildman–Crippen LogP) is 10.1. The molecule has 7 N–H and O–H groups in total. The maximum Gasteiger partial charge on any atom is 0.249 e. The molecule has 0 aromatic rings. The Morgan fingerprint density at radius 3 is 1.20 bits per heavy atom. The molecule has 10 nitrogen and oxygen atoms in total. The normalized spacial score (nSPS) is 21.1. The van der Waals surface area contributed by atoms with Crippen molar-refractivity contribution >= 4 is 5.91 Å². The van der Waals surface area contributed by atoms with Crippen molar-refractivity contribution in [2.75, 3.05) is 13.2 Å². The molecule has 59 heavy (non-hydrogen) atoms. The summed E-state index contributed by atoms with van der Waals surface area (Å²) in [5.41, 5.74) is 0. The Morgan fingerprint density at radius 2 is 0.847 bits per heavy atom. The zero-order chi connectivity index (χ0) is 43.2. The number of hydrogen-bond donors (Lipinski definition) is 7. The van der Waals surface area contributed by atoms with E-state index in [-0.39, 0.29) is 6.61 Å². The van der Waals surface area contributed by atoms with Gasteiger partial charge in [0.2, 0.25) is 5.91 Å². The van der Waals surface area contributed by atoms with Gasteiger partial charge in [0.25, 0.3) is 0 Å². The van der Waals surface area contributed by atoms with Crippen LogP contribution >= 0.6 is 0 Å².